The summed E-state index contributed by atoms with van der Waals surface area (Å²) >= 11 is 1.43. The quantitative estimate of drug-likeness (QED) is 0.793. The van der Waals surface area contributed by atoms with Gasteiger partial charge in [0.25, 0.3) is 5.19 Å². The van der Waals surface area contributed by atoms with Crippen LogP contribution in [0.2, 0.25) is 0 Å². The lowest BCUT2D eigenvalue weighted by Crippen LogP contribution is -2.25. The van der Waals surface area contributed by atoms with Gasteiger partial charge in [-0.05, 0) is 25.9 Å². The topological polar surface area (TPSA) is 64.3 Å². The van der Waals surface area contributed by atoms with Crippen LogP contribution in [0.25, 0.3) is 0 Å². The number of likely N-dealkylation sites (tertiary alicyclic amines) is 1. The van der Waals surface area contributed by atoms with Gasteiger partial charge in [0.2, 0.25) is 0 Å². The van der Waals surface area contributed by atoms with Gasteiger partial charge in [-0.25, -0.2) is 0 Å². The number of hydrogen-bond acceptors (Lipinski definition) is 6. The molecule has 0 bridgehead atoms. The molecule has 0 unspecified atom stereocenters. The van der Waals surface area contributed by atoms with Crippen LogP contribution in [0.5, 0.6) is 5.19 Å². The van der Waals surface area contributed by atoms with Crippen LogP contribution in [0.1, 0.15) is 17.8 Å². The molecular weight excluding hydrogens is 212 g/mol. The minimum atomic E-state index is 0.438. The maximum Gasteiger partial charge on any atom is 0.294 e. The molecule has 0 aromatic carbocycles. The number of aromatic nitrogens is 2. The third kappa shape index (κ3) is 3.12. The highest BCUT2D eigenvalue weighted by atomic mass is 32.1. The van der Waals surface area contributed by atoms with Crippen LogP contribution in [0, 0.1) is 0 Å². The molecule has 84 valence electrons. The third-order valence-corrected chi connectivity index (χ3v) is 3.31. The Morgan fingerprint density at radius 1 is 1.33 bits per heavy atom. The zero-order valence-corrected chi connectivity index (χ0v) is 9.50. The van der Waals surface area contributed by atoms with Crippen molar-refractivity contribution in [3.05, 3.63) is 5.01 Å². The molecule has 2 rings (SSSR count). The number of nitrogens with zero attached hydrogens (tertiary/aromatic N) is 3. The second-order valence-electron chi connectivity index (χ2n) is 3.56. The second-order valence-corrected chi connectivity index (χ2v) is 4.59. The van der Waals surface area contributed by atoms with Crippen LogP contribution in [-0.4, -0.2) is 41.3 Å². The first-order valence-electron chi connectivity index (χ1n) is 5.26. The van der Waals surface area contributed by atoms with E-state index in [-0.39, 0.29) is 0 Å². The number of nitrogens with two attached hydrogens (primary N) is 1. The summed E-state index contributed by atoms with van der Waals surface area (Å²) in [5.74, 6) is 0. The van der Waals surface area contributed by atoms with E-state index in [1.807, 2.05) is 0 Å². The molecule has 0 spiro atoms. The van der Waals surface area contributed by atoms with Gasteiger partial charge in [0, 0.05) is 13.1 Å². The Morgan fingerprint density at radius 3 is 2.80 bits per heavy atom. The molecule has 5 nitrogen and oxygen atoms in total. The summed E-state index contributed by atoms with van der Waals surface area (Å²) in [6, 6.07) is 0. The lowest BCUT2D eigenvalue weighted by molar-refractivity contribution is 0.236. The SMILES string of the molecule is NCc1nnc(OCCN2CCCC2)s1. The molecule has 1 aliphatic rings. The van der Waals surface area contributed by atoms with E-state index < -0.39 is 0 Å². The lowest BCUT2D eigenvalue weighted by atomic mass is 10.4. The molecule has 0 aliphatic carbocycles. The molecule has 1 saturated heterocycles. The first-order valence-corrected chi connectivity index (χ1v) is 6.08. The zero-order chi connectivity index (χ0) is 10.5. The van der Waals surface area contributed by atoms with Crippen LogP contribution in [0.4, 0.5) is 0 Å². The highest BCUT2D eigenvalue weighted by molar-refractivity contribution is 7.13. The average molecular weight is 228 g/mol. The van der Waals surface area contributed by atoms with Crippen molar-refractivity contribution < 1.29 is 4.74 Å². The van der Waals surface area contributed by atoms with E-state index in [4.69, 9.17) is 10.5 Å². The molecule has 1 fully saturated rings. The minimum absolute atomic E-state index is 0.438. The van der Waals surface area contributed by atoms with Crippen molar-refractivity contribution in [2.24, 2.45) is 5.73 Å². The summed E-state index contributed by atoms with van der Waals surface area (Å²) in [6.45, 7) is 4.52. The molecule has 1 aromatic rings. The summed E-state index contributed by atoms with van der Waals surface area (Å²) in [4.78, 5) is 2.41. The fourth-order valence-electron chi connectivity index (χ4n) is 1.65. The van der Waals surface area contributed by atoms with Crippen LogP contribution in [0.15, 0.2) is 0 Å². The molecule has 2 N–H and O–H groups in total. The number of ether oxygens (including phenoxy) is 1. The molecule has 2 heterocycles. The Morgan fingerprint density at radius 2 is 2.13 bits per heavy atom. The predicted octanol–water partition coefficient (Wildman–Crippen LogP) is 0.471. The monoisotopic (exact) mass is 228 g/mol. The average Bonchev–Trinajstić information content (AvgIpc) is 2.88. The summed E-state index contributed by atoms with van der Waals surface area (Å²) in [5.41, 5.74) is 5.44. The van der Waals surface area contributed by atoms with Gasteiger partial charge in [0.15, 0.2) is 0 Å². The fraction of sp³-hybridized carbons (Fsp3) is 0.778. The van der Waals surface area contributed by atoms with Crippen molar-refractivity contribution in [3.8, 4) is 5.19 Å². The van der Waals surface area contributed by atoms with Gasteiger partial charge in [-0.1, -0.05) is 11.3 Å². The molecule has 0 amide bonds. The summed E-state index contributed by atoms with van der Waals surface area (Å²) < 4.78 is 5.50. The lowest BCUT2D eigenvalue weighted by Gasteiger charge is -2.13. The van der Waals surface area contributed by atoms with E-state index in [1.54, 1.807) is 0 Å². The van der Waals surface area contributed by atoms with Gasteiger partial charge < -0.3 is 10.5 Å². The molecule has 0 saturated carbocycles. The number of hydrogen-bond donors (Lipinski definition) is 1. The van der Waals surface area contributed by atoms with E-state index in [9.17, 15) is 0 Å². The second kappa shape index (κ2) is 5.39. The first-order chi connectivity index (χ1) is 7.38. The summed E-state index contributed by atoms with van der Waals surface area (Å²) in [7, 11) is 0. The summed E-state index contributed by atoms with van der Waals surface area (Å²) in [5, 5.41) is 9.25. The van der Waals surface area contributed by atoms with Crippen molar-refractivity contribution in [3.63, 3.8) is 0 Å². The zero-order valence-electron chi connectivity index (χ0n) is 8.69. The van der Waals surface area contributed by atoms with E-state index in [0.29, 0.717) is 18.3 Å². The Bertz CT molecular complexity index is 298. The van der Waals surface area contributed by atoms with E-state index in [2.05, 4.69) is 15.1 Å². The Kier molecular flexibility index (Phi) is 3.87. The molecule has 6 heteroatoms. The maximum absolute atomic E-state index is 5.50. The van der Waals surface area contributed by atoms with Gasteiger partial charge in [-0.15, -0.1) is 10.2 Å². The molecule has 1 aromatic heterocycles. The molecule has 0 radical (unpaired) electrons. The molecule has 0 atom stereocenters. The van der Waals surface area contributed by atoms with Crippen LogP contribution < -0.4 is 10.5 Å². The van der Waals surface area contributed by atoms with Crippen molar-refractivity contribution in [1.29, 1.82) is 0 Å². The first kappa shape index (κ1) is 10.8. The fourth-order valence-corrected chi connectivity index (χ4v) is 2.24. The standard InChI is InChI=1S/C9H16N4OS/c10-7-8-11-12-9(15-8)14-6-5-13-3-1-2-4-13/h1-7,10H2. The maximum atomic E-state index is 5.50. The van der Waals surface area contributed by atoms with E-state index in [1.165, 1.54) is 37.3 Å². The Balaban J connectivity index is 1.68. The summed E-state index contributed by atoms with van der Waals surface area (Å²) in [6.07, 6.45) is 2.63. The number of rotatable bonds is 5. The Labute approximate surface area is 93.2 Å². The van der Waals surface area contributed by atoms with Crippen LogP contribution in [-0.2, 0) is 6.54 Å². The third-order valence-electron chi connectivity index (χ3n) is 2.45. The smallest absolute Gasteiger partial charge is 0.294 e. The van der Waals surface area contributed by atoms with E-state index >= 15 is 0 Å². The van der Waals surface area contributed by atoms with E-state index in [0.717, 1.165) is 11.6 Å². The van der Waals surface area contributed by atoms with Crippen LogP contribution >= 0.6 is 11.3 Å². The minimum Gasteiger partial charge on any atom is -0.468 e. The van der Waals surface area contributed by atoms with Gasteiger partial charge in [0.05, 0.1) is 0 Å². The molecule has 1 aliphatic heterocycles. The van der Waals surface area contributed by atoms with Gasteiger partial charge in [-0.3, -0.25) is 4.90 Å². The van der Waals surface area contributed by atoms with Crippen molar-refractivity contribution >= 4 is 11.3 Å². The van der Waals surface area contributed by atoms with Crippen molar-refractivity contribution in [2.45, 2.75) is 19.4 Å². The highest BCUT2D eigenvalue weighted by Crippen LogP contribution is 2.17. The van der Waals surface area contributed by atoms with Crippen LogP contribution in [0.3, 0.4) is 0 Å². The molecular formula is C9H16N4OS. The van der Waals surface area contributed by atoms with Gasteiger partial charge in [0.1, 0.15) is 11.6 Å². The van der Waals surface area contributed by atoms with Crippen molar-refractivity contribution in [1.82, 2.24) is 15.1 Å². The largest absolute Gasteiger partial charge is 0.468 e. The van der Waals surface area contributed by atoms with Gasteiger partial charge >= 0.3 is 0 Å². The van der Waals surface area contributed by atoms with Gasteiger partial charge in [-0.2, -0.15) is 0 Å². The molecule has 15 heavy (non-hydrogen) atoms. The van der Waals surface area contributed by atoms with Crippen molar-refractivity contribution in [2.75, 3.05) is 26.2 Å². The Hall–Kier alpha value is -0.720. The predicted molar refractivity (Wildman–Crippen MR) is 59.0 cm³/mol. The highest BCUT2D eigenvalue weighted by Gasteiger charge is 2.11. The normalized spacial score (nSPS) is 17.1.